The molecule has 12 aromatic rings. The molecule has 8 aromatic heterocycles. The molecule has 0 radical (unpaired) electrons. The first-order valence-corrected chi connectivity index (χ1v) is 49.8. The van der Waals surface area contributed by atoms with Gasteiger partial charge in [-0.15, -0.1) is 20.4 Å². The number of fused-ring (bicyclic) bond motifs is 4. The number of hydrogen-bond donors (Lipinski definition) is 16. The van der Waals surface area contributed by atoms with Crippen LogP contribution in [0.2, 0.25) is 0 Å². The van der Waals surface area contributed by atoms with Crippen molar-refractivity contribution in [2.24, 2.45) is 0 Å². The lowest BCUT2D eigenvalue weighted by Crippen LogP contribution is -2.33. The van der Waals surface area contributed by atoms with Crippen molar-refractivity contribution in [2.45, 2.75) is 298 Å². The number of aromatic nitrogens is 20. The van der Waals surface area contributed by atoms with Gasteiger partial charge in [-0.3, -0.25) is 0 Å². The van der Waals surface area contributed by atoms with E-state index in [-0.39, 0.29) is 164 Å². The number of nitrogens with zero attached hydrogens (tertiary/aromatic N) is 20. The van der Waals surface area contributed by atoms with Crippen molar-refractivity contribution in [2.75, 3.05) is 96.8 Å². The Labute approximate surface area is 874 Å². The second-order valence-electron chi connectivity index (χ2n) is 35.6. The fourth-order valence-electron chi connectivity index (χ4n) is 17.9. The molecule has 16 N–H and O–H groups in total. The molecule has 0 amide bonds. The van der Waals surface area contributed by atoms with Crippen LogP contribution in [0.1, 0.15) is 227 Å². The summed E-state index contributed by atoms with van der Waals surface area (Å²) in [6.07, 6.45) is -21.8. The van der Waals surface area contributed by atoms with Gasteiger partial charge in [-0.05, 0) is 148 Å². The number of aryl methyl sites for hydroxylation is 4. The van der Waals surface area contributed by atoms with E-state index in [9.17, 15) is 73.7 Å². The Morgan fingerprint density at radius 3 is 0.951 bits per heavy atom. The van der Waals surface area contributed by atoms with Gasteiger partial charge in [0, 0.05) is 116 Å². The Morgan fingerprint density at radius 2 is 0.660 bits per heavy atom. The number of anilines is 4. The Morgan fingerprint density at radius 1 is 0.361 bits per heavy atom. The maximum Gasteiger partial charge on any atom is 0.191 e. The molecule has 24 atom stereocenters. The quantitative estimate of drug-likeness (QED) is 0.00969. The number of aliphatic hydroxyl groups excluding tert-OH is 10. The molecular formula is C96H124F4N24O16S4. The van der Waals surface area contributed by atoms with E-state index < -0.39 is 191 Å². The topological polar surface area (TPSA) is 554 Å². The van der Waals surface area contributed by atoms with Gasteiger partial charge in [0.15, 0.2) is 88.6 Å². The number of benzene rings is 4. The Kier molecular flexibility index (Phi) is 26.5. The van der Waals surface area contributed by atoms with Crippen molar-refractivity contribution in [3.63, 3.8) is 0 Å². The monoisotopic (exact) mass is 2090 g/mol. The van der Waals surface area contributed by atoms with E-state index in [1.807, 2.05) is 25.1 Å². The van der Waals surface area contributed by atoms with Crippen molar-refractivity contribution in [1.82, 2.24) is 99.8 Å². The van der Waals surface area contributed by atoms with Crippen LogP contribution < -0.4 is 21.3 Å². The summed E-state index contributed by atoms with van der Waals surface area (Å²) in [5.41, 5.74) is -1.15. The van der Waals surface area contributed by atoms with Gasteiger partial charge in [0.2, 0.25) is 0 Å². The zero-order valence-corrected chi connectivity index (χ0v) is 81.8. The van der Waals surface area contributed by atoms with E-state index in [1.165, 1.54) is 50.1 Å². The molecule has 48 heteroatoms. The number of halogens is 4. The van der Waals surface area contributed by atoms with Crippen molar-refractivity contribution in [3.05, 3.63) is 141 Å². The highest BCUT2D eigenvalue weighted by molar-refractivity contribution is 7.99. The molecule has 0 unspecified atom stereocenters. The summed E-state index contributed by atoms with van der Waals surface area (Å²) < 4.78 is 256. The van der Waals surface area contributed by atoms with Crippen LogP contribution in [-0.2, 0) is 18.9 Å². The van der Waals surface area contributed by atoms with Crippen LogP contribution in [0.3, 0.4) is 0 Å². The van der Waals surface area contributed by atoms with Gasteiger partial charge in [0.1, 0.15) is 72.1 Å². The van der Waals surface area contributed by atoms with Crippen molar-refractivity contribution in [3.8, 4) is 0 Å². The van der Waals surface area contributed by atoms with Gasteiger partial charge in [-0.2, -0.15) is 0 Å². The molecule has 0 bridgehead atoms. The summed E-state index contributed by atoms with van der Waals surface area (Å²) in [5.74, 6) is -0.493. The molecule has 4 aromatic carbocycles. The zero-order valence-electron chi connectivity index (χ0n) is 101. The minimum atomic E-state index is -3.41. The molecule has 8 aliphatic carbocycles. The summed E-state index contributed by atoms with van der Waals surface area (Å²) in [6.45, 7) is -1.63. The largest absolute Gasteiger partial charge is 0.394 e. The Bertz CT molecular complexity index is 7550. The molecule has 8 aliphatic rings. The summed E-state index contributed by atoms with van der Waals surface area (Å²) in [6, 6.07) is 14.9. The predicted octanol–water partition coefficient (Wildman–Crippen LogP) is 8.73. The second kappa shape index (κ2) is 47.3. The van der Waals surface area contributed by atoms with Gasteiger partial charge in [-0.1, -0.05) is 144 Å². The molecule has 8 heterocycles. The average molecular weight is 2100 g/mol. The van der Waals surface area contributed by atoms with Gasteiger partial charge in [0.25, 0.3) is 0 Å². The minimum absolute atomic E-state index is 0.0200. The van der Waals surface area contributed by atoms with E-state index in [2.05, 4.69) is 102 Å². The number of aliphatic hydroxyl groups is 12. The highest BCUT2D eigenvalue weighted by atomic mass is 32.2. The van der Waals surface area contributed by atoms with Gasteiger partial charge < -0.3 is 101 Å². The van der Waals surface area contributed by atoms with Crippen LogP contribution >= 0.6 is 47.0 Å². The van der Waals surface area contributed by atoms with E-state index in [4.69, 9.17) is 54.2 Å². The number of nitrogens with one attached hydrogen (secondary N) is 4. The molecular weight excluding hydrogens is 1950 g/mol. The maximum absolute atomic E-state index is 14.2. The lowest BCUT2D eigenvalue weighted by molar-refractivity contribution is -0.0629. The lowest BCUT2D eigenvalue weighted by atomic mass is 10.1. The van der Waals surface area contributed by atoms with E-state index in [0.717, 1.165) is 54.3 Å². The number of thioether (sulfide) groups is 4. The standard InChI is InChI=1S/4C24H31FN6O4S/c4*1-3-8-36-24-27-22(26-16-10-14(16)13-5-4-12(2)15(25)9-13)19-23(28-24)31(30-29-19)17-11-18(35-7-6-32)21(34)20(17)33/h4*4-5,9,14,16-18,20-21,32-34H,3,6-8,10-11H2,1-2H3,(H,26,27,28)/t4*14-,16+,17+,18-,20-,21+/m0000/s1/i3D2,6D2,7D2,8D2;3D2,7D2,8D2;3D2,6D2,8D2;10D2. The van der Waals surface area contributed by atoms with Crippen LogP contribution in [0.25, 0.3) is 44.7 Å². The fourth-order valence-corrected chi connectivity index (χ4v) is 20.0. The van der Waals surface area contributed by atoms with Gasteiger partial charge in [-0.25, -0.2) is 76.2 Å². The van der Waals surface area contributed by atoms with Crippen molar-refractivity contribution >= 4 is 115 Å². The molecule has 0 aliphatic heterocycles. The first-order chi connectivity index (χ1) is 77.3. The number of rotatable bonds is 40. The van der Waals surface area contributed by atoms with Crippen LogP contribution in [0.5, 0.6) is 0 Å². The predicted molar refractivity (Wildman–Crippen MR) is 530 cm³/mol. The van der Waals surface area contributed by atoms with E-state index >= 15 is 0 Å². The van der Waals surface area contributed by atoms with Crippen LogP contribution in [0.15, 0.2) is 93.4 Å². The molecule has 776 valence electrons. The van der Waals surface area contributed by atoms with Crippen LogP contribution in [0, 0.1) is 51.0 Å². The zero-order chi connectivity index (χ0) is 121. The number of ether oxygens (including phenoxy) is 4. The molecule has 8 saturated carbocycles. The third-order valence-corrected chi connectivity index (χ3v) is 29.1. The normalized spacial score (nSPS) is 31.2. The third-order valence-electron chi connectivity index (χ3n) is 26.0. The van der Waals surface area contributed by atoms with Gasteiger partial charge in [0.05, 0.1) is 112 Å². The Balaban J connectivity index is 0.000000148. The first kappa shape index (κ1) is 80.5. The molecule has 0 saturated heterocycles. The molecule has 40 nitrogen and oxygen atoms in total. The van der Waals surface area contributed by atoms with Crippen LogP contribution in [-0.4, -0.2) is 334 Å². The van der Waals surface area contributed by atoms with Crippen molar-refractivity contribution in [1.29, 1.82) is 0 Å². The molecule has 144 heavy (non-hydrogen) atoms. The maximum atomic E-state index is 14.2. The smallest absolute Gasteiger partial charge is 0.191 e. The fraction of sp³-hybridized carbons (Fsp3) is 0.583. The molecule has 20 rings (SSSR count). The summed E-state index contributed by atoms with van der Waals surface area (Å²) in [7, 11) is 0. The average Bonchev–Trinajstić information content (AvgIpc) is 1.55. The van der Waals surface area contributed by atoms with Gasteiger partial charge >= 0.3 is 0 Å². The molecule has 0 spiro atoms. The minimum Gasteiger partial charge on any atom is -0.394 e. The number of hydrogen-bond acceptors (Lipinski definition) is 40. The lowest BCUT2D eigenvalue weighted by Gasteiger charge is -2.17. The van der Waals surface area contributed by atoms with E-state index in [0.29, 0.717) is 105 Å². The highest BCUT2D eigenvalue weighted by Crippen LogP contribution is 2.50. The Hall–Kier alpha value is -9.52. The highest BCUT2D eigenvalue weighted by Gasteiger charge is 2.51. The van der Waals surface area contributed by atoms with Crippen molar-refractivity contribution < 1.29 is 128 Å². The first-order valence-electron chi connectivity index (χ1n) is 57.3. The molecule has 8 fully saturated rings. The third kappa shape index (κ3) is 23.8. The summed E-state index contributed by atoms with van der Waals surface area (Å²) in [5, 5.41) is 169. The SMILES string of the molecule is [2H]C([2H])(C)C([2H])([2H])Sc1nc(N[C@@H]2C[C@H]2c2ccc(C)c(F)c2)c2nnn([C@@H]3C[C@H](OC([2H])([2H])C([2H])([2H])O)[C@@H](O)[C@H]3O)c2n1.[2H]C([2H])(CO)O[C@H]1C[C@@H](n2nnc3c(N[C@@H]4C[C@H]4c4ccc(C)c(F)c4)nc(SC([2H])([2H])C([2H])([2H])C)nc32)[C@H](O)[C@@H]1O.[2H]C([2H])(O)CO[C@H]1C[C@@H](n2nnc3c(N[C@@H]4C[C@H]4c4ccc(C)c(F)c4)nc(SC([2H])([2H])C([2H])([2H])C)nc32)[C@H](O)[C@@H]1O.[2H]C1([2H])[C@@H](Nc2nc(SCCC)nc3c2nnn3[C@@H]2C[C@H](OCCO)[C@@H](O)[C@H]2O)[C@@H]1c1ccc(C)c(F)c1. The summed E-state index contributed by atoms with van der Waals surface area (Å²) in [4.78, 5) is 35.6. The summed E-state index contributed by atoms with van der Waals surface area (Å²) >= 11 is 2.78. The van der Waals surface area contributed by atoms with Crippen LogP contribution in [0.4, 0.5) is 40.8 Å². The second-order valence-corrected chi connectivity index (χ2v) is 39.0. The van der Waals surface area contributed by atoms with E-state index in [1.54, 1.807) is 58.0 Å².